The number of benzene rings is 1. The number of halogens is 2. The number of nitriles is 1. The molecule has 24 heavy (non-hydrogen) atoms. The molecule has 0 bridgehead atoms. The third-order valence-corrected chi connectivity index (χ3v) is 4.87. The second kappa shape index (κ2) is 6.61. The topological polar surface area (TPSA) is 65.2 Å². The molecule has 0 N–H and O–H groups in total. The molecule has 8 heteroatoms. The number of anilines is 2. The molecular weight excluding hydrogens is 377 g/mol. The fraction of sp³-hybridized carbons (Fsp3) is 0.312. The summed E-state index contributed by atoms with van der Waals surface area (Å²) in [5, 5.41) is 13.2. The summed E-state index contributed by atoms with van der Waals surface area (Å²) in [5.74, 6) is -0.504. The van der Waals surface area contributed by atoms with Crippen molar-refractivity contribution in [3.05, 3.63) is 50.6 Å². The Morgan fingerprint density at radius 2 is 1.83 bits per heavy atom. The van der Waals surface area contributed by atoms with Gasteiger partial charge in [0.2, 0.25) is 0 Å². The summed E-state index contributed by atoms with van der Waals surface area (Å²) in [5.41, 5.74) is 1.24. The first kappa shape index (κ1) is 16.5. The van der Waals surface area contributed by atoms with Crippen LogP contribution in [0.2, 0.25) is 0 Å². The van der Waals surface area contributed by atoms with Gasteiger partial charge in [0.15, 0.2) is 0 Å². The maximum Gasteiger partial charge on any atom is 0.282 e. The molecule has 2 heterocycles. The van der Waals surface area contributed by atoms with Crippen molar-refractivity contribution in [2.45, 2.75) is 0 Å². The minimum absolute atomic E-state index is 0.0716. The predicted molar refractivity (Wildman–Crippen MR) is 92.7 cm³/mol. The van der Waals surface area contributed by atoms with E-state index in [9.17, 15) is 14.4 Å². The second-order valence-electron chi connectivity index (χ2n) is 5.49. The third kappa shape index (κ3) is 2.87. The Morgan fingerprint density at radius 1 is 1.21 bits per heavy atom. The molecule has 0 radical (unpaired) electrons. The SMILES string of the molecule is Cn1ncc(N2CCN(c3cccc(F)c3C#N)CC2)c(Br)c1=O. The Hall–Kier alpha value is -2.40. The molecule has 0 unspecified atom stereocenters. The van der Waals surface area contributed by atoms with Crippen LogP contribution in [0, 0.1) is 17.1 Å². The Balaban J connectivity index is 1.80. The summed E-state index contributed by atoms with van der Waals surface area (Å²) in [6.45, 7) is 2.54. The van der Waals surface area contributed by atoms with E-state index in [1.165, 1.54) is 10.7 Å². The lowest BCUT2D eigenvalue weighted by Crippen LogP contribution is -2.47. The number of hydrogen-bond acceptors (Lipinski definition) is 5. The van der Waals surface area contributed by atoms with Crippen molar-refractivity contribution in [1.29, 1.82) is 5.26 Å². The lowest BCUT2D eigenvalue weighted by Gasteiger charge is -2.37. The summed E-state index contributed by atoms with van der Waals surface area (Å²) >= 11 is 3.34. The van der Waals surface area contributed by atoms with Crippen LogP contribution in [-0.4, -0.2) is 36.0 Å². The Kier molecular flexibility index (Phi) is 4.53. The van der Waals surface area contributed by atoms with Gasteiger partial charge >= 0.3 is 0 Å². The van der Waals surface area contributed by atoms with E-state index in [-0.39, 0.29) is 11.1 Å². The molecule has 1 saturated heterocycles. The van der Waals surface area contributed by atoms with Crippen LogP contribution in [0.25, 0.3) is 0 Å². The van der Waals surface area contributed by atoms with Crippen LogP contribution >= 0.6 is 15.9 Å². The lowest BCUT2D eigenvalue weighted by molar-refractivity contribution is 0.615. The maximum absolute atomic E-state index is 13.8. The van der Waals surface area contributed by atoms with Crippen molar-refractivity contribution >= 4 is 27.3 Å². The van der Waals surface area contributed by atoms with E-state index >= 15 is 0 Å². The normalized spacial score (nSPS) is 14.6. The van der Waals surface area contributed by atoms with E-state index < -0.39 is 5.82 Å². The molecule has 0 atom stereocenters. The zero-order valence-electron chi connectivity index (χ0n) is 13.0. The van der Waals surface area contributed by atoms with Gasteiger partial charge in [-0.3, -0.25) is 4.79 Å². The number of nitrogens with zero attached hydrogens (tertiary/aromatic N) is 5. The first-order chi connectivity index (χ1) is 11.5. The van der Waals surface area contributed by atoms with E-state index in [0.717, 1.165) is 5.69 Å². The minimum Gasteiger partial charge on any atom is -0.367 e. The summed E-state index contributed by atoms with van der Waals surface area (Å²) in [4.78, 5) is 16.0. The van der Waals surface area contributed by atoms with E-state index in [0.29, 0.717) is 36.3 Å². The fourth-order valence-electron chi connectivity index (χ4n) is 2.80. The standard InChI is InChI=1S/C16H15BrFN5O/c1-21-16(24)15(17)14(10-20-21)23-7-5-22(6-8-23)13-4-2-3-12(18)11(13)9-19/h2-4,10H,5-8H2,1H3. The Bertz CT molecular complexity index is 868. The van der Waals surface area contributed by atoms with Crippen LogP contribution in [0.4, 0.5) is 15.8 Å². The van der Waals surface area contributed by atoms with Gasteiger partial charge in [-0.05, 0) is 28.1 Å². The van der Waals surface area contributed by atoms with Gasteiger partial charge in [0.25, 0.3) is 5.56 Å². The highest BCUT2D eigenvalue weighted by atomic mass is 79.9. The number of piperazine rings is 1. The van der Waals surface area contributed by atoms with Gasteiger partial charge in [-0.1, -0.05) is 6.07 Å². The van der Waals surface area contributed by atoms with Crippen molar-refractivity contribution in [2.24, 2.45) is 7.05 Å². The van der Waals surface area contributed by atoms with Crippen molar-refractivity contribution in [1.82, 2.24) is 9.78 Å². The molecule has 1 aliphatic rings. The van der Waals surface area contributed by atoms with Gasteiger partial charge in [0, 0.05) is 33.2 Å². The third-order valence-electron chi connectivity index (χ3n) is 4.12. The smallest absolute Gasteiger partial charge is 0.282 e. The first-order valence-electron chi connectivity index (χ1n) is 7.43. The monoisotopic (exact) mass is 391 g/mol. The van der Waals surface area contributed by atoms with Crippen LogP contribution in [0.15, 0.2) is 33.7 Å². The number of rotatable bonds is 2. The van der Waals surface area contributed by atoms with Crippen molar-refractivity contribution in [2.75, 3.05) is 36.0 Å². The van der Waals surface area contributed by atoms with Crippen LogP contribution in [0.1, 0.15) is 5.56 Å². The minimum atomic E-state index is -0.504. The lowest BCUT2D eigenvalue weighted by atomic mass is 10.1. The highest BCUT2D eigenvalue weighted by molar-refractivity contribution is 9.10. The second-order valence-corrected chi connectivity index (χ2v) is 6.29. The average molecular weight is 392 g/mol. The van der Waals surface area contributed by atoms with Gasteiger partial charge in [0.1, 0.15) is 21.9 Å². The van der Waals surface area contributed by atoms with Gasteiger partial charge in [0.05, 0.1) is 17.6 Å². The van der Waals surface area contributed by atoms with Crippen molar-refractivity contribution in [3.63, 3.8) is 0 Å². The molecule has 2 aromatic rings. The number of aromatic nitrogens is 2. The maximum atomic E-state index is 13.8. The zero-order valence-corrected chi connectivity index (χ0v) is 14.6. The molecule has 124 valence electrons. The van der Waals surface area contributed by atoms with E-state index in [1.807, 2.05) is 11.0 Å². The van der Waals surface area contributed by atoms with E-state index in [1.54, 1.807) is 25.4 Å². The van der Waals surface area contributed by atoms with Crippen molar-refractivity contribution < 1.29 is 4.39 Å². The molecule has 1 aliphatic heterocycles. The molecule has 3 rings (SSSR count). The molecular formula is C16H15BrFN5O. The first-order valence-corrected chi connectivity index (χ1v) is 8.22. The number of hydrogen-bond donors (Lipinski definition) is 0. The fourth-order valence-corrected chi connectivity index (χ4v) is 3.41. The van der Waals surface area contributed by atoms with Crippen LogP contribution in [0.5, 0.6) is 0 Å². The molecule has 0 saturated carbocycles. The van der Waals surface area contributed by atoms with E-state index in [2.05, 4.69) is 25.9 Å². The summed E-state index contributed by atoms with van der Waals surface area (Å²) in [7, 11) is 1.60. The highest BCUT2D eigenvalue weighted by Crippen LogP contribution is 2.27. The summed E-state index contributed by atoms with van der Waals surface area (Å²) in [6.07, 6.45) is 1.66. The van der Waals surface area contributed by atoms with Crippen LogP contribution in [0.3, 0.4) is 0 Å². The molecule has 0 spiro atoms. The predicted octanol–water partition coefficient (Wildman–Crippen LogP) is 1.88. The molecule has 1 aromatic carbocycles. The van der Waals surface area contributed by atoms with Crippen molar-refractivity contribution in [3.8, 4) is 6.07 Å². The quantitative estimate of drug-likeness (QED) is 0.781. The summed E-state index contributed by atoms with van der Waals surface area (Å²) < 4.78 is 15.5. The average Bonchev–Trinajstić information content (AvgIpc) is 2.60. The van der Waals surface area contributed by atoms with Gasteiger partial charge in [-0.25, -0.2) is 9.07 Å². The molecule has 1 aromatic heterocycles. The molecule has 0 amide bonds. The Labute approximate surface area is 146 Å². The number of aryl methyl sites for hydroxylation is 1. The van der Waals surface area contributed by atoms with Crippen LogP contribution in [-0.2, 0) is 7.05 Å². The van der Waals surface area contributed by atoms with E-state index in [4.69, 9.17) is 0 Å². The molecule has 6 nitrogen and oxygen atoms in total. The van der Waals surface area contributed by atoms with Gasteiger partial charge < -0.3 is 9.80 Å². The van der Waals surface area contributed by atoms with Crippen LogP contribution < -0.4 is 15.4 Å². The summed E-state index contributed by atoms with van der Waals surface area (Å²) in [6, 6.07) is 6.59. The largest absolute Gasteiger partial charge is 0.367 e. The Morgan fingerprint density at radius 3 is 2.46 bits per heavy atom. The molecule has 0 aliphatic carbocycles. The van der Waals surface area contributed by atoms with Gasteiger partial charge in [-0.2, -0.15) is 10.4 Å². The molecule has 1 fully saturated rings. The van der Waals surface area contributed by atoms with Gasteiger partial charge in [-0.15, -0.1) is 0 Å². The zero-order chi connectivity index (χ0) is 17.3. The highest BCUT2D eigenvalue weighted by Gasteiger charge is 2.23.